The fourth-order valence-corrected chi connectivity index (χ4v) is 4.49. The van der Waals surface area contributed by atoms with Gasteiger partial charge in [0.25, 0.3) is 0 Å². The number of hydrogen-bond donors (Lipinski definition) is 2. The molecule has 1 aliphatic rings. The van der Waals surface area contributed by atoms with E-state index in [0.29, 0.717) is 28.6 Å². The summed E-state index contributed by atoms with van der Waals surface area (Å²) in [6, 6.07) is 4.17. The number of nitrogens with two attached hydrogens (primary N) is 1. The normalized spacial score (nSPS) is 24.0. The number of thiophene rings is 1. The Morgan fingerprint density at radius 3 is 3.04 bits per heavy atom. The first-order chi connectivity index (χ1) is 11.6. The molecule has 0 unspecified atom stereocenters. The van der Waals surface area contributed by atoms with Gasteiger partial charge in [-0.15, -0.1) is 21.5 Å². The third-order valence-electron chi connectivity index (χ3n) is 4.79. The van der Waals surface area contributed by atoms with E-state index in [1.807, 2.05) is 17.5 Å². The zero-order chi connectivity index (χ0) is 17.1. The number of carbonyl (C=O) groups is 1. The predicted molar refractivity (Wildman–Crippen MR) is 98.3 cm³/mol. The van der Waals surface area contributed by atoms with E-state index in [0.717, 1.165) is 11.3 Å². The molecule has 0 spiro atoms. The third kappa shape index (κ3) is 3.75. The molecule has 3 atom stereocenters. The lowest BCUT2D eigenvalue weighted by molar-refractivity contribution is -0.120. The number of nitrogen functional groups attached to an aromatic ring is 1. The van der Waals surface area contributed by atoms with E-state index in [1.54, 1.807) is 11.3 Å². The van der Waals surface area contributed by atoms with Crippen molar-refractivity contribution in [2.75, 3.05) is 11.6 Å². The maximum absolute atomic E-state index is 12.3. The average molecular weight is 366 g/mol. The Morgan fingerprint density at radius 1 is 1.46 bits per heavy atom. The van der Waals surface area contributed by atoms with Gasteiger partial charge in [0.05, 0.1) is 10.6 Å². The summed E-state index contributed by atoms with van der Waals surface area (Å²) >= 11 is 2.88. The Labute approximate surface area is 150 Å². The van der Waals surface area contributed by atoms with Gasteiger partial charge in [-0.25, -0.2) is 4.68 Å². The lowest BCUT2D eigenvalue weighted by atomic mass is 9.78. The molecular weight excluding hydrogens is 342 g/mol. The van der Waals surface area contributed by atoms with Gasteiger partial charge in [-0.2, -0.15) is 0 Å². The van der Waals surface area contributed by atoms with Crippen LogP contribution in [0.3, 0.4) is 0 Å². The third-order valence-corrected chi connectivity index (χ3v) is 6.60. The topological polar surface area (TPSA) is 85.8 Å². The Bertz CT molecular complexity index is 685. The molecule has 0 aliphatic heterocycles. The smallest absolute Gasteiger partial charge is 0.230 e. The number of thioether (sulfide) groups is 1. The molecule has 2 aromatic heterocycles. The van der Waals surface area contributed by atoms with Gasteiger partial charge in [0.2, 0.25) is 11.1 Å². The van der Waals surface area contributed by atoms with Crippen LogP contribution in [0.1, 0.15) is 33.1 Å². The number of hydrogen-bond acceptors (Lipinski definition) is 6. The minimum atomic E-state index is 0.0339. The summed E-state index contributed by atoms with van der Waals surface area (Å²) in [6.45, 7) is 4.49. The van der Waals surface area contributed by atoms with E-state index < -0.39 is 0 Å². The molecule has 0 bridgehead atoms. The van der Waals surface area contributed by atoms with Crippen LogP contribution in [-0.4, -0.2) is 32.6 Å². The van der Waals surface area contributed by atoms with Crippen molar-refractivity contribution in [3.63, 3.8) is 0 Å². The largest absolute Gasteiger partial charge is 0.352 e. The molecule has 1 saturated carbocycles. The lowest BCUT2D eigenvalue weighted by Crippen LogP contribution is -2.44. The molecule has 1 fully saturated rings. The molecule has 3 N–H and O–H groups in total. The fourth-order valence-electron chi connectivity index (χ4n) is 3.11. The number of rotatable bonds is 5. The van der Waals surface area contributed by atoms with E-state index in [-0.39, 0.29) is 11.9 Å². The Balaban J connectivity index is 1.55. The van der Waals surface area contributed by atoms with Crippen LogP contribution >= 0.6 is 23.1 Å². The van der Waals surface area contributed by atoms with Crippen LogP contribution in [0.5, 0.6) is 0 Å². The van der Waals surface area contributed by atoms with E-state index in [4.69, 9.17) is 5.84 Å². The van der Waals surface area contributed by atoms with Crippen LogP contribution in [0.2, 0.25) is 0 Å². The summed E-state index contributed by atoms with van der Waals surface area (Å²) in [5, 5.41) is 13.9. The maximum atomic E-state index is 12.3. The molecule has 1 aliphatic carbocycles. The summed E-state index contributed by atoms with van der Waals surface area (Å²) in [5.41, 5.74) is 0. The van der Waals surface area contributed by atoms with Gasteiger partial charge in [-0.05, 0) is 29.7 Å². The van der Waals surface area contributed by atoms with Crippen LogP contribution in [0.25, 0.3) is 10.7 Å². The molecule has 0 radical (unpaired) electrons. The van der Waals surface area contributed by atoms with Crippen LogP contribution in [0.4, 0.5) is 0 Å². The highest BCUT2D eigenvalue weighted by Gasteiger charge is 2.28. The minimum absolute atomic E-state index is 0.0339. The molecule has 3 rings (SSSR count). The quantitative estimate of drug-likeness (QED) is 0.628. The van der Waals surface area contributed by atoms with Gasteiger partial charge in [0, 0.05) is 6.04 Å². The monoisotopic (exact) mass is 365 g/mol. The van der Waals surface area contributed by atoms with Gasteiger partial charge >= 0.3 is 0 Å². The zero-order valence-corrected chi connectivity index (χ0v) is 15.6. The summed E-state index contributed by atoms with van der Waals surface area (Å²) in [4.78, 5) is 13.2. The summed E-state index contributed by atoms with van der Waals surface area (Å²) in [5.74, 6) is 8.20. The molecule has 2 heterocycles. The van der Waals surface area contributed by atoms with Crippen LogP contribution < -0.4 is 11.2 Å². The second-order valence-electron chi connectivity index (χ2n) is 6.38. The first-order valence-corrected chi connectivity index (χ1v) is 10.1. The van der Waals surface area contributed by atoms with Crippen molar-refractivity contribution in [3.8, 4) is 10.7 Å². The Morgan fingerprint density at radius 2 is 2.29 bits per heavy atom. The highest BCUT2D eigenvalue weighted by Crippen LogP contribution is 2.30. The molecule has 6 nitrogen and oxygen atoms in total. The average Bonchev–Trinajstić information content (AvgIpc) is 3.19. The molecule has 24 heavy (non-hydrogen) atoms. The second kappa shape index (κ2) is 7.57. The van der Waals surface area contributed by atoms with Gasteiger partial charge in [0.1, 0.15) is 0 Å². The molecule has 8 heteroatoms. The molecule has 130 valence electrons. The fraction of sp³-hybridized carbons (Fsp3) is 0.562. The highest BCUT2D eigenvalue weighted by molar-refractivity contribution is 7.99. The first-order valence-electron chi connectivity index (χ1n) is 8.22. The Hall–Kier alpha value is -1.54. The van der Waals surface area contributed by atoms with Crippen LogP contribution in [0.15, 0.2) is 22.7 Å². The van der Waals surface area contributed by atoms with Gasteiger partial charge in [-0.1, -0.05) is 44.5 Å². The van der Waals surface area contributed by atoms with E-state index in [1.165, 1.54) is 29.3 Å². The van der Waals surface area contributed by atoms with E-state index in [9.17, 15) is 4.79 Å². The maximum Gasteiger partial charge on any atom is 0.230 e. The van der Waals surface area contributed by atoms with Gasteiger partial charge in [-0.3, -0.25) is 4.79 Å². The number of carbonyl (C=O) groups excluding carboxylic acids is 1. The van der Waals surface area contributed by atoms with Crippen molar-refractivity contribution < 1.29 is 4.79 Å². The number of aromatic nitrogens is 3. The molecule has 1 amide bonds. The van der Waals surface area contributed by atoms with Crippen molar-refractivity contribution >= 4 is 29.0 Å². The summed E-state index contributed by atoms with van der Waals surface area (Å²) < 4.78 is 1.45. The van der Waals surface area contributed by atoms with Crippen molar-refractivity contribution in [1.82, 2.24) is 20.2 Å². The molecule has 0 saturated heterocycles. The molecule has 0 aromatic carbocycles. The summed E-state index contributed by atoms with van der Waals surface area (Å²) in [6.07, 6.45) is 3.51. The lowest BCUT2D eigenvalue weighted by Gasteiger charge is -2.34. The molecular formula is C16H23N5OS2. The number of amides is 1. The second-order valence-corrected chi connectivity index (χ2v) is 8.27. The summed E-state index contributed by atoms with van der Waals surface area (Å²) in [7, 11) is 0. The highest BCUT2D eigenvalue weighted by atomic mass is 32.2. The van der Waals surface area contributed by atoms with Crippen LogP contribution in [-0.2, 0) is 4.79 Å². The zero-order valence-electron chi connectivity index (χ0n) is 13.9. The predicted octanol–water partition coefficient (Wildman–Crippen LogP) is 2.75. The van der Waals surface area contributed by atoms with Crippen molar-refractivity contribution in [2.24, 2.45) is 11.8 Å². The Kier molecular flexibility index (Phi) is 5.45. The first kappa shape index (κ1) is 17.3. The minimum Gasteiger partial charge on any atom is -0.352 e. The van der Waals surface area contributed by atoms with Crippen molar-refractivity contribution in [1.29, 1.82) is 0 Å². The molecule has 2 aromatic rings. The van der Waals surface area contributed by atoms with E-state index >= 15 is 0 Å². The van der Waals surface area contributed by atoms with Crippen molar-refractivity contribution in [2.45, 2.75) is 44.3 Å². The van der Waals surface area contributed by atoms with Crippen molar-refractivity contribution in [3.05, 3.63) is 17.5 Å². The number of nitrogens with zero attached hydrogens (tertiary/aromatic N) is 3. The van der Waals surface area contributed by atoms with E-state index in [2.05, 4.69) is 29.4 Å². The SMILES string of the molecule is C[C@H]1[C@@H](NC(=O)CSc2nnc(-c3cccs3)n2N)CCC[C@@H]1C. The number of nitrogens with one attached hydrogen (secondary N) is 1. The van der Waals surface area contributed by atoms with Gasteiger partial charge < -0.3 is 11.2 Å². The standard InChI is InChI=1S/C16H23N5OS2/c1-10-5-3-6-12(11(10)2)18-14(22)9-24-16-20-19-15(21(16)17)13-7-4-8-23-13/h4,7-8,10-12H,3,5-6,9,17H2,1-2H3,(H,18,22)/t10-,11+,12-/m0/s1. The van der Waals surface area contributed by atoms with Crippen LogP contribution in [0, 0.1) is 11.8 Å². The van der Waals surface area contributed by atoms with Gasteiger partial charge in [0.15, 0.2) is 5.82 Å².